The molecule has 1 aromatic carbocycles. The van der Waals surface area contributed by atoms with E-state index in [1.165, 1.54) is 0 Å². The van der Waals surface area contributed by atoms with Crippen molar-refractivity contribution in [3.63, 3.8) is 0 Å². The number of rotatable bonds is 4. The van der Waals surface area contributed by atoms with Crippen molar-refractivity contribution in [2.75, 3.05) is 11.9 Å². The second kappa shape index (κ2) is 5.64. The predicted octanol–water partition coefficient (Wildman–Crippen LogP) is 3.49. The van der Waals surface area contributed by atoms with Gasteiger partial charge in [-0.2, -0.15) is 9.37 Å². The number of nitrogens with zero attached hydrogens (tertiary/aromatic N) is 2. The van der Waals surface area contributed by atoms with Crippen molar-refractivity contribution < 1.29 is 9.13 Å². The summed E-state index contributed by atoms with van der Waals surface area (Å²) in [5.41, 5.74) is 0. The summed E-state index contributed by atoms with van der Waals surface area (Å²) in [5, 5.41) is 3.39. The van der Waals surface area contributed by atoms with Crippen LogP contribution in [0.2, 0.25) is 5.02 Å². The van der Waals surface area contributed by atoms with Crippen molar-refractivity contribution >= 4 is 17.5 Å². The maximum atomic E-state index is 13.5. The van der Waals surface area contributed by atoms with E-state index in [4.69, 9.17) is 16.3 Å². The van der Waals surface area contributed by atoms with Crippen LogP contribution < -0.4 is 10.1 Å². The average Bonchev–Trinajstić information content (AvgIpc) is 2.34. The molecule has 1 N–H and O–H groups in total. The van der Waals surface area contributed by atoms with Crippen LogP contribution in [0.3, 0.4) is 0 Å². The van der Waals surface area contributed by atoms with E-state index in [1.807, 2.05) is 6.92 Å². The molecule has 1 heterocycles. The molecule has 94 valence electrons. The van der Waals surface area contributed by atoms with Crippen LogP contribution in [0, 0.1) is 5.82 Å². The van der Waals surface area contributed by atoms with Gasteiger partial charge >= 0.3 is 0 Å². The van der Waals surface area contributed by atoms with Crippen LogP contribution in [0.25, 0.3) is 0 Å². The SMILES string of the molecule is CCNc1ncc(F)c(Oc2cccc(Cl)c2)n1. The third-order valence-corrected chi connectivity index (χ3v) is 2.29. The van der Waals surface area contributed by atoms with Gasteiger partial charge in [-0.15, -0.1) is 0 Å². The number of ether oxygens (including phenoxy) is 1. The molecule has 0 bridgehead atoms. The fourth-order valence-electron chi connectivity index (χ4n) is 1.31. The molecule has 0 radical (unpaired) electrons. The number of hydrogen-bond donors (Lipinski definition) is 1. The Kier molecular flexibility index (Phi) is 3.94. The maximum Gasteiger partial charge on any atom is 0.260 e. The zero-order chi connectivity index (χ0) is 13.0. The molecule has 0 fully saturated rings. The first-order chi connectivity index (χ1) is 8.69. The molecule has 1 aromatic heterocycles. The summed E-state index contributed by atoms with van der Waals surface area (Å²) in [6.45, 7) is 2.53. The second-order valence-electron chi connectivity index (χ2n) is 3.44. The van der Waals surface area contributed by atoms with Crippen LogP contribution in [-0.4, -0.2) is 16.5 Å². The van der Waals surface area contributed by atoms with Crippen LogP contribution in [0.4, 0.5) is 10.3 Å². The van der Waals surface area contributed by atoms with E-state index in [1.54, 1.807) is 24.3 Å². The highest BCUT2D eigenvalue weighted by atomic mass is 35.5. The van der Waals surface area contributed by atoms with E-state index in [9.17, 15) is 4.39 Å². The first kappa shape index (κ1) is 12.6. The Balaban J connectivity index is 2.25. The molecule has 0 aliphatic carbocycles. The lowest BCUT2D eigenvalue weighted by atomic mass is 10.3. The third-order valence-electron chi connectivity index (χ3n) is 2.06. The van der Waals surface area contributed by atoms with Gasteiger partial charge in [-0.05, 0) is 25.1 Å². The minimum Gasteiger partial charge on any atom is -0.436 e. The second-order valence-corrected chi connectivity index (χ2v) is 3.87. The Labute approximate surface area is 109 Å². The van der Waals surface area contributed by atoms with Gasteiger partial charge in [0.05, 0.1) is 6.20 Å². The number of aromatic nitrogens is 2. The van der Waals surface area contributed by atoms with E-state index in [2.05, 4.69) is 15.3 Å². The summed E-state index contributed by atoms with van der Waals surface area (Å²) < 4.78 is 18.8. The van der Waals surface area contributed by atoms with Crippen molar-refractivity contribution in [1.29, 1.82) is 0 Å². The highest BCUT2D eigenvalue weighted by Crippen LogP contribution is 2.25. The molecule has 0 atom stereocenters. The summed E-state index contributed by atoms with van der Waals surface area (Å²) in [4.78, 5) is 7.71. The van der Waals surface area contributed by atoms with Crippen LogP contribution in [0.15, 0.2) is 30.5 Å². The first-order valence-corrected chi connectivity index (χ1v) is 5.76. The zero-order valence-electron chi connectivity index (χ0n) is 9.65. The van der Waals surface area contributed by atoms with Gasteiger partial charge in [-0.3, -0.25) is 0 Å². The van der Waals surface area contributed by atoms with Gasteiger partial charge in [0.2, 0.25) is 11.8 Å². The lowest BCUT2D eigenvalue weighted by Gasteiger charge is -2.07. The number of hydrogen-bond acceptors (Lipinski definition) is 4. The maximum absolute atomic E-state index is 13.5. The van der Waals surface area contributed by atoms with Gasteiger partial charge in [0.15, 0.2) is 0 Å². The fraction of sp³-hybridized carbons (Fsp3) is 0.167. The molecule has 0 unspecified atom stereocenters. The minimum absolute atomic E-state index is 0.136. The van der Waals surface area contributed by atoms with Gasteiger partial charge in [-0.25, -0.2) is 4.98 Å². The number of benzene rings is 1. The predicted molar refractivity (Wildman–Crippen MR) is 67.7 cm³/mol. The van der Waals surface area contributed by atoms with Crippen molar-refractivity contribution in [2.45, 2.75) is 6.92 Å². The standard InChI is InChI=1S/C12H11ClFN3O/c1-2-15-12-16-7-10(14)11(17-12)18-9-5-3-4-8(13)6-9/h3-7H,2H2,1H3,(H,15,16,17). The average molecular weight is 268 g/mol. The molecule has 0 saturated heterocycles. The van der Waals surface area contributed by atoms with E-state index in [-0.39, 0.29) is 5.88 Å². The van der Waals surface area contributed by atoms with E-state index in [0.717, 1.165) is 6.20 Å². The molecule has 2 rings (SSSR count). The molecule has 6 heteroatoms. The van der Waals surface area contributed by atoms with Gasteiger partial charge in [0.1, 0.15) is 5.75 Å². The van der Waals surface area contributed by atoms with Crippen molar-refractivity contribution in [3.8, 4) is 11.6 Å². The zero-order valence-corrected chi connectivity index (χ0v) is 10.4. The van der Waals surface area contributed by atoms with Crippen molar-refractivity contribution in [1.82, 2.24) is 9.97 Å². The lowest BCUT2D eigenvalue weighted by Crippen LogP contribution is -2.04. The Hall–Kier alpha value is -1.88. The molecule has 2 aromatic rings. The normalized spacial score (nSPS) is 10.2. The molecule has 0 spiro atoms. The highest BCUT2D eigenvalue weighted by molar-refractivity contribution is 6.30. The van der Waals surface area contributed by atoms with Gasteiger partial charge in [0.25, 0.3) is 5.88 Å². The Morgan fingerprint density at radius 1 is 1.44 bits per heavy atom. The van der Waals surface area contributed by atoms with Crippen molar-refractivity contribution in [3.05, 3.63) is 41.3 Å². The molecule has 0 aliphatic rings. The van der Waals surface area contributed by atoms with Gasteiger partial charge in [-0.1, -0.05) is 17.7 Å². The van der Waals surface area contributed by atoms with Gasteiger partial charge < -0.3 is 10.1 Å². The Bertz CT molecular complexity index is 551. The quantitative estimate of drug-likeness (QED) is 0.921. The minimum atomic E-state index is -0.628. The van der Waals surface area contributed by atoms with E-state index < -0.39 is 5.82 Å². The van der Waals surface area contributed by atoms with Crippen molar-refractivity contribution in [2.24, 2.45) is 0 Å². The van der Waals surface area contributed by atoms with Crippen LogP contribution in [0.1, 0.15) is 6.92 Å². The monoisotopic (exact) mass is 267 g/mol. The summed E-state index contributed by atoms with van der Waals surface area (Å²) >= 11 is 5.81. The van der Waals surface area contributed by atoms with E-state index in [0.29, 0.717) is 23.3 Å². The number of anilines is 1. The summed E-state index contributed by atoms with van der Waals surface area (Å²) in [6.07, 6.45) is 1.06. The number of halogens is 2. The molecule has 0 amide bonds. The van der Waals surface area contributed by atoms with Crippen LogP contribution >= 0.6 is 11.6 Å². The number of nitrogens with one attached hydrogen (secondary N) is 1. The fourth-order valence-corrected chi connectivity index (χ4v) is 1.49. The molecule has 4 nitrogen and oxygen atoms in total. The van der Waals surface area contributed by atoms with Crippen LogP contribution in [-0.2, 0) is 0 Å². The Morgan fingerprint density at radius 2 is 2.28 bits per heavy atom. The molecule has 18 heavy (non-hydrogen) atoms. The summed E-state index contributed by atoms with van der Waals surface area (Å²) in [6, 6.07) is 6.66. The molecular formula is C12H11ClFN3O. The summed E-state index contributed by atoms with van der Waals surface area (Å²) in [7, 11) is 0. The van der Waals surface area contributed by atoms with Crippen LogP contribution in [0.5, 0.6) is 11.6 Å². The molecule has 0 aliphatic heterocycles. The smallest absolute Gasteiger partial charge is 0.260 e. The topological polar surface area (TPSA) is 47.0 Å². The first-order valence-electron chi connectivity index (χ1n) is 5.39. The lowest BCUT2D eigenvalue weighted by molar-refractivity contribution is 0.420. The van der Waals surface area contributed by atoms with E-state index >= 15 is 0 Å². The third kappa shape index (κ3) is 3.07. The summed E-state index contributed by atoms with van der Waals surface area (Å²) in [5.74, 6) is -0.0293. The molecule has 0 saturated carbocycles. The Morgan fingerprint density at radius 3 is 3.00 bits per heavy atom. The largest absolute Gasteiger partial charge is 0.436 e. The highest BCUT2D eigenvalue weighted by Gasteiger charge is 2.09. The van der Waals surface area contributed by atoms with Gasteiger partial charge in [0, 0.05) is 11.6 Å². The molecular weight excluding hydrogens is 257 g/mol.